The average molecular weight is 556 g/mol. The Hall–Kier alpha value is -3.17. The molecule has 0 heterocycles. The predicted molar refractivity (Wildman–Crippen MR) is 104 cm³/mol. The number of halogens is 12. The van der Waals surface area contributed by atoms with E-state index in [2.05, 4.69) is 5.32 Å². The summed E-state index contributed by atoms with van der Waals surface area (Å²) in [6.45, 7) is -1.45. The van der Waals surface area contributed by atoms with E-state index in [1.165, 1.54) is 0 Å². The smallest absolute Gasteiger partial charge is 0.381 e. The normalized spacial score (nSPS) is 14.8. The number of nitrogens with one attached hydrogen (secondary N) is 2. The van der Waals surface area contributed by atoms with Crippen molar-refractivity contribution in [3.8, 4) is 0 Å². The van der Waals surface area contributed by atoms with Gasteiger partial charge in [0.15, 0.2) is 0 Å². The van der Waals surface area contributed by atoms with Crippen molar-refractivity contribution in [3.05, 3.63) is 64.2 Å². The number of rotatable bonds is 6. The van der Waals surface area contributed by atoms with Crippen LogP contribution in [0.1, 0.15) is 34.7 Å². The van der Waals surface area contributed by atoms with Gasteiger partial charge in [-0.15, -0.1) is 0 Å². The summed E-state index contributed by atoms with van der Waals surface area (Å²) in [4.78, 5) is 11.0. The zero-order valence-electron chi connectivity index (χ0n) is 18.3. The van der Waals surface area contributed by atoms with Crippen LogP contribution in [0.2, 0.25) is 0 Å². The minimum atomic E-state index is -5.87. The molecule has 0 fully saturated rings. The second-order valence-electron chi connectivity index (χ2n) is 7.79. The molecule has 0 aliphatic rings. The fraction of sp³-hybridized carbons (Fsp3) is 0.381. The molecule has 16 heteroatoms. The molecule has 0 aliphatic carbocycles. The van der Waals surface area contributed by atoms with E-state index >= 15 is 0 Å². The molecule has 2 aromatic carbocycles. The zero-order valence-corrected chi connectivity index (χ0v) is 18.3. The summed E-state index contributed by atoms with van der Waals surface area (Å²) in [5.74, 6) is -0.690. The fourth-order valence-electron chi connectivity index (χ4n) is 3.11. The zero-order chi connectivity index (χ0) is 28.6. The number of carbonyl (C=O) groups excluding carboxylic acids is 1. The Morgan fingerprint density at radius 2 is 1.24 bits per heavy atom. The van der Waals surface area contributed by atoms with E-state index < -0.39 is 88.9 Å². The molecular formula is C21H16F12N2O2. The number of anilines is 1. The van der Waals surface area contributed by atoms with Crippen molar-refractivity contribution in [2.75, 3.05) is 11.9 Å². The molecule has 206 valence electrons. The van der Waals surface area contributed by atoms with Crippen LogP contribution in [0.15, 0.2) is 36.4 Å². The van der Waals surface area contributed by atoms with E-state index in [0.29, 0.717) is 6.07 Å². The van der Waals surface area contributed by atoms with Crippen molar-refractivity contribution >= 4 is 11.6 Å². The highest BCUT2D eigenvalue weighted by molar-refractivity contribution is 5.72. The molecule has 3 N–H and O–H groups in total. The monoisotopic (exact) mass is 556 g/mol. The first-order valence-corrected chi connectivity index (χ1v) is 9.83. The Morgan fingerprint density at radius 1 is 0.757 bits per heavy atom. The van der Waals surface area contributed by atoms with Crippen LogP contribution in [-0.2, 0) is 35.5 Å². The van der Waals surface area contributed by atoms with E-state index in [4.69, 9.17) is 0 Å². The third-order valence-electron chi connectivity index (χ3n) is 5.03. The van der Waals surface area contributed by atoms with Crippen LogP contribution < -0.4 is 10.6 Å². The van der Waals surface area contributed by atoms with Crippen molar-refractivity contribution in [3.63, 3.8) is 0 Å². The Morgan fingerprint density at radius 3 is 1.65 bits per heavy atom. The van der Waals surface area contributed by atoms with Crippen LogP contribution in [0.25, 0.3) is 0 Å². The lowest BCUT2D eigenvalue weighted by Gasteiger charge is -2.32. The number of carbonyl (C=O) groups is 1. The maximum Gasteiger partial charge on any atom is 0.423 e. The lowest BCUT2D eigenvalue weighted by Crippen LogP contribution is -2.48. The number of aliphatic hydroxyl groups is 1. The molecule has 0 aromatic heterocycles. The maximum atomic E-state index is 13.8. The van der Waals surface area contributed by atoms with Crippen LogP contribution in [0, 0.1) is 0 Å². The Bertz CT molecular complexity index is 1100. The summed E-state index contributed by atoms with van der Waals surface area (Å²) in [5.41, 5.74) is -13.1. The number of hydrogen-bond donors (Lipinski definition) is 3. The third kappa shape index (κ3) is 7.20. The molecular weight excluding hydrogens is 540 g/mol. The topological polar surface area (TPSA) is 61.4 Å². The van der Waals surface area contributed by atoms with Gasteiger partial charge in [-0.25, -0.2) is 0 Å². The highest BCUT2D eigenvalue weighted by Crippen LogP contribution is 2.44. The molecule has 2 aromatic rings. The first-order valence-electron chi connectivity index (χ1n) is 9.83. The van der Waals surface area contributed by atoms with Crippen LogP contribution in [-0.4, -0.2) is 23.7 Å². The maximum absolute atomic E-state index is 13.8. The van der Waals surface area contributed by atoms with Crippen molar-refractivity contribution < 1.29 is 62.6 Å². The largest absolute Gasteiger partial charge is 0.423 e. The average Bonchev–Trinajstić information content (AvgIpc) is 2.73. The van der Waals surface area contributed by atoms with Gasteiger partial charge in [0, 0.05) is 19.2 Å². The van der Waals surface area contributed by atoms with Gasteiger partial charge in [-0.3, -0.25) is 4.79 Å². The molecule has 0 spiro atoms. The van der Waals surface area contributed by atoms with Gasteiger partial charge >= 0.3 is 24.7 Å². The number of amides is 1. The second kappa shape index (κ2) is 9.95. The van der Waals surface area contributed by atoms with E-state index in [-0.39, 0.29) is 12.1 Å². The van der Waals surface area contributed by atoms with Gasteiger partial charge < -0.3 is 15.7 Å². The van der Waals surface area contributed by atoms with Crippen molar-refractivity contribution in [2.24, 2.45) is 0 Å². The Kier molecular flexibility index (Phi) is 8.08. The molecule has 0 saturated carbocycles. The molecule has 37 heavy (non-hydrogen) atoms. The summed E-state index contributed by atoms with van der Waals surface area (Å²) < 4.78 is 160. The SMILES string of the molecule is CC(=O)NCc1ccc(NC[C@@](O)(c2cc(C(F)(F)F)cc(C(F)(F)F)c2)C(F)(F)F)cc1C(F)(F)F. The lowest BCUT2D eigenvalue weighted by molar-refractivity contribution is -0.261. The Balaban J connectivity index is 2.56. The van der Waals surface area contributed by atoms with E-state index in [1.807, 2.05) is 0 Å². The Labute approximate surface area is 200 Å². The molecule has 0 radical (unpaired) electrons. The van der Waals surface area contributed by atoms with Crippen molar-refractivity contribution in [2.45, 2.75) is 43.8 Å². The molecule has 1 amide bonds. The minimum Gasteiger partial charge on any atom is -0.381 e. The van der Waals surface area contributed by atoms with Gasteiger partial charge in [0.1, 0.15) is 0 Å². The van der Waals surface area contributed by atoms with Crippen LogP contribution in [0.3, 0.4) is 0 Å². The summed E-state index contributed by atoms with van der Waals surface area (Å²) in [6, 6.07) is 0.790. The molecule has 0 unspecified atom stereocenters. The predicted octanol–water partition coefficient (Wildman–Crippen LogP) is 6.24. The molecule has 0 bridgehead atoms. The van der Waals surface area contributed by atoms with Crippen molar-refractivity contribution in [1.82, 2.24) is 5.32 Å². The molecule has 0 aliphatic heterocycles. The molecule has 1 atom stereocenters. The van der Waals surface area contributed by atoms with Gasteiger partial charge in [0.05, 0.1) is 23.2 Å². The standard InChI is InChI=1S/C21H16F12N2O2/c1-10(36)34-8-11-2-3-15(7-16(11)20(28,29)30)35-9-17(37,21(31,32)33)12-4-13(18(22,23)24)6-14(5-12)19(25,26)27/h2-7,35,37H,8-9H2,1H3,(H,34,36)/t17-/m1/s1. The van der Waals surface area contributed by atoms with Gasteiger partial charge in [0.2, 0.25) is 11.5 Å². The number of hydrogen-bond acceptors (Lipinski definition) is 3. The summed E-state index contributed by atoms with van der Waals surface area (Å²) >= 11 is 0. The number of benzene rings is 2. The fourth-order valence-corrected chi connectivity index (χ4v) is 3.11. The molecule has 0 saturated heterocycles. The lowest BCUT2D eigenvalue weighted by atomic mass is 9.89. The van der Waals surface area contributed by atoms with E-state index in [0.717, 1.165) is 19.1 Å². The minimum absolute atomic E-state index is 0.307. The molecule has 4 nitrogen and oxygen atoms in total. The van der Waals surface area contributed by atoms with Gasteiger partial charge in [-0.1, -0.05) is 6.07 Å². The van der Waals surface area contributed by atoms with E-state index in [9.17, 15) is 62.6 Å². The van der Waals surface area contributed by atoms with Gasteiger partial charge in [-0.2, -0.15) is 52.7 Å². The second-order valence-corrected chi connectivity index (χ2v) is 7.79. The van der Waals surface area contributed by atoms with Gasteiger partial charge in [0.25, 0.3) is 0 Å². The summed E-state index contributed by atoms with van der Waals surface area (Å²) in [6.07, 6.45) is -22.0. The number of alkyl halides is 12. The quantitative estimate of drug-likeness (QED) is 0.370. The van der Waals surface area contributed by atoms with Crippen LogP contribution in [0.5, 0.6) is 0 Å². The van der Waals surface area contributed by atoms with Gasteiger partial charge in [-0.05, 0) is 41.5 Å². The van der Waals surface area contributed by atoms with Crippen LogP contribution >= 0.6 is 0 Å². The summed E-state index contributed by atoms with van der Waals surface area (Å²) in [5, 5.41) is 14.2. The summed E-state index contributed by atoms with van der Waals surface area (Å²) in [7, 11) is 0. The highest BCUT2D eigenvalue weighted by Gasteiger charge is 2.56. The first kappa shape index (κ1) is 30.1. The van der Waals surface area contributed by atoms with E-state index in [1.54, 1.807) is 5.32 Å². The molecule has 2 rings (SSSR count). The third-order valence-corrected chi connectivity index (χ3v) is 5.03. The highest BCUT2D eigenvalue weighted by atomic mass is 19.4. The van der Waals surface area contributed by atoms with Crippen LogP contribution in [0.4, 0.5) is 58.4 Å². The van der Waals surface area contributed by atoms with Crippen molar-refractivity contribution in [1.29, 1.82) is 0 Å². The first-order chi connectivity index (χ1) is 16.6.